The van der Waals surface area contributed by atoms with Crippen molar-refractivity contribution in [2.45, 2.75) is 122 Å². The Hall–Kier alpha value is -2.97. The largest absolute Gasteiger partial charge is 0.478 e. The zero-order valence-corrected chi connectivity index (χ0v) is 27.1. The van der Waals surface area contributed by atoms with Crippen LogP contribution in [0.4, 0.5) is 4.39 Å². The number of rotatable bonds is 10. The number of carboxylic acid groups (broad SMARTS) is 1. The molecule has 1 saturated heterocycles. The van der Waals surface area contributed by atoms with Gasteiger partial charge >= 0.3 is 11.9 Å². The third kappa shape index (κ3) is 8.07. The quantitative estimate of drug-likeness (QED) is 0.312. The Bertz CT molecular complexity index is 1240. The van der Waals surface area contributed by atoms with Crippen molar-refractivity contribution in [2.24, 2.45) is 29.6 Å². The van der Waals surface area contributed by atoms with Gasteiger partial charge in [0.1, 0.15) is 11.4 Å². The lowest BCUT2D eigenvalue weighted by Gasteiger charge is -2.37. The number of carbonyl (C=O) groups is 4. The molecule has 2 aliphatic heterocycles. The normalized spacial score (nSPS) is 27.8. The molecular formula is C36H50FNO7. The lowest BCUT2D eigenvalue weighted by atomic mass is 9.74. The van der Waals surface area contributed by atoms with Crippen LogP contribution in [0.1, 0.15) is 103 Å². The maximum atomic E-state index is 14.1. The van der Waals surface area contributed by atoms with Crippen LogP contribution in [0.25, 0.3) is 0 Å². The molecule has 0 aromatic heterocycles. The van der Waals surface area contributed by atoms with Crippen LogP contribution in [0.5, 0.6) is 5.75 Å². The highest BCUT2D eigenvalue weighted by Gasteiger charge is 2.46. The van der Waals surface area contributed by atoms with Crippen LogP contribution in [0, 0.1) is 29.6 Å². The summed E-state index contributed by atoms with van der Waals surface area (Å²) in [6.07, 6.45) is 8.80. The first-order valence-corrected chi connectivity index (χ1v) is 17.1. The standard InChI is InChI=1S/C36H50FNO7/c1-36(2,3)45-32(40)20-27(21-37)23-10-12-25(13-11-23)34(41)38-16-15-28(24-7-5-4-6-8-24)33(38)29(39)18-22-9-14-30-26(17-22)19-31(44-30)35(42)43/h9,14,17,23-25,27-28,31,33H,4-8,10-13,15-16,18-21H2,1-3H3,(H,42,43)/t23?,25?,27-,28+,31?,33+/m1/s1. The van der Waals surface area contributed by atoms with Gasteiger partial charge in [0, 0.05) is 31.2 Å². The first-order valence-electron chi connectivity index (χ1n) is 17.1. The number of halogens is 1. The number of aliphatic carboxylic acids is 1. The number of esters is 1. The molecule has 248 valence electrons. The first-order chi connectivity index (χ1) is 21.4. The number of hydrogen-bond donors (Lipinski definition) is 1. The summed E-state index contributed by atoms with van der Waals surface area (Å²) >= 11 is 0. The summed E-state index contributed by atoms with van der Waals surface area (Å²) in [5.74, 6) is -0.736. The predicted molar refractivity (Wildman–Crippen MR) is 166 cm³/mol. The summed E-state index contributed by atoms with van der Waals surface area (Å²) in [7, 11) is 0. The van der Waals surface area contributed by atoms with Crippen LogP contribution >= 0.6 is 0 Å². The number of likely N-dealkylation sites (tertiary alicyclic amines) is 1. The molecule has 5 rings (SSSR count). The highest BCUT2D eigenvalue weighted by atomic mass is 19.1. The van der Waals surface area contributed by atoms with Crippen molar-refractivity contribution in [2.75, 3.05) is 13.2 Å². The molecule has 2 saturated carbocycles. The van der Waals surface area contributed by atoms with E-state index >= 15 is 0 Å². The van der Waals surface area contributed by atoms with E-state index in [1.165, 1.54) is 6.42 Å². The second-order valence-corrected chi connectivity index (χ2v) is 14.9. The molecule has 1 aromatic carbocycles. The van der Waals surface area contributed by atoms with Crippen LogP contribution < -0.4 is 4.74 Å². The average Bonchev–Trinajstić information content (AvgIpc) is 3.64. The Balaban J connectivity index is 1.25. The van der Waals surface area contributed by atoms with Gasteiger partial charge in [-0.15, -0.1) is 0 Å². The average molecular weight is 628 g/mol. The number of Topliss-reactive ketones (excluding diaryl/α,β-unsaturated/α-hetero) is 1. The van der Waals surface area contributed by atoms with E-state index in [1.807, 2.05) is 17.0 Å². The van der Waals surface area contributed by atoms with Gasteiger partial charge in [-0.25, -0.2) is 4.79 Å². The van der Waals surface area contributed by atoms with Crippen molar-refractivity contribution in [3.05, 3.63) is 29.3 Å². The number of carbonyl (C=O) groups excluding carboxylic acids is 3. The third-order valence-electron chi connectivity index (χ3n) is 10.6. The van der Waals surface area contributed by atoms with Gasteiger partial charge in [-0.2, -0.15) is 0 Å². The van der Waals surface area contributed by atoms with Crippen molar-refractivity contribution in [3.8, 4) is 5.75 Å². The second kappa shape index (κ2) is 14.2. The SMILES string of the molecule is CC(C)(C)OC(=O)C[C@H](CF)C1CCC(C(=O)N2CC[C@@H](C3CCCCC3)[C@H]2C(=O)Cc2ccc3c(c2)CC(C(=O)O)O3)CC1. The summed E-state index contributed by atoms with van der Waals surface area (Å²) in [5.41, 5.74) is 1.00. The molecule has 1 N–H and O–H groups in total. The maximum Gasteiger partial charge on any atom is 0.345 e. The van der Waals surface area contributed by atoms with Crippen LogP contribution in [0.2, 0.25) is 0 Å². The zero-order chi connectivity index (χ0) is 32.3. The van der Waals surface area contributed by atoms with Crippen LogP contribution in [0.3, 0.4) is 0 Å². The van der Waals surface area contributed by atoms with Gasteiger partial charge in [-0.05, 0) is 87.8 Å². The fourth-order valence-corrected chi connectivity index (χ4v) is 8.40. The van der Waals surface area contributed by atoms with Crippen LogP contribution in [-0.2, 0) is 36.8 Å². The minimum atomic E-state index is -1.00. The number of nitrogens with zero attached hydrogens (tertiary/aromatic N) is 1. The molecule has 1 unspecified atom stereocenters. The zero-order valence-electron chi connectivity index (χ0n) is 27.1. The van der Waals surface area contributed by atoms with Gasteiger partial charge in [-0.3, -0.25) is 18.8 Å². The van der Waals surface area contributed by atoms with E-state index in [1.54, 1.807) is 26.8 Å². The molecule has 1 aromatic rings. The maximum absolute atomic E-state index is 14.1. The van der Waals surface area contributed by atoms with E-state index < -0.39 is 36.3 Å². The molecule has 45 heavy (non-hydrogen) atoms. The van der Waals surface area contributed by atoms with Crippen molar-refractivity contribution in [1.29, 1.82) is 0 Å². The molecule has 0 spiro atoms. The number of ketones is 1. The smallest absolute Gasteiger partial charge is 0.345 e. The van der Waals surface area contributed by atoms with Crippen LogP contribution in [-0.4, -0.2) is 64.6 Å². The number of alkyl halides is 1. The summed E-state index contributed by atoms with van der Waals surface area (Å²) < 4.78 is 25.0. The van der Waals surface area contributed by atoms with Gasteiger partial charge in [-0.1, -0.05) is 44.2 Å². The Morgan fingerprint density at radius 1 is 1.02 bits per heavy atom. The Morgan fingerprint density at radius 3 is 2.38 bits per heavy atom. The van der Waals surface area contributed by atoms with E-state index in [0.29, 0.717) is 43.9 Å². The van der Waals surface area contributed by atoms with Crippen molar-refractivity contribution in [3.63, 3.8) is 0 Å². The van der Waals surface area contributed by atoms with Gasteiger partial charge in [0.05, 0.1) is 19.1 Å². The number of ether oxygens (including phenoxy) is 2. The third-order valence-corrected chi connectivity index (χ3v) is 10.6. The van der Waals surface area contributed by atoms with Crippen molar-refractivity contribution >= 4 is 23.6 Å². The second-order valence-electron chi connectivity index (χ2n) is 14.9. The van der Waals surface area contributed by atoms with E-state index in [-0.39, 0.29) is 54.7 Å². The summed E-state index contributed by atoms with van der Waals surface area (Å²) in [5, 5.41) is 9.36. The van der Waals surface area contributed by atoms with E-state index in [4.69, 9.17) is 9.47 Å². The number of carboxylic acids is 1. The molecule has 9 heteroatoms. The Morgan fingerprint density at radius 2 is 1.73 bits per heavy atom. The lowest BCUT2D eigenvalue weighted by Crippen LogP contribution is -2.48. The molecule has 0 bridgehead atoms. The van der Waals surface area contributed by atoms with E-state index in [9.17, 15) is 28.7 Å². The minimum absolute atomic E-state index is 0.0297. The van der Waals surface area contributed by atoms with Gasteiger partial charge in [0.15, 0.2) is 11.9 Å². The number of amides is 1. The van der Waals surface area contributed by atoms with Crippen molar-refractivity contribution in [1.82, 2.24) is 4.90 Å². The molecule has 1 amide bonds. The number of benzene rings is 1. The molecule has 3 fully saturated rings. The first kappa shape index (κ1) is 33.4. The van der Waals surface area contributed by atoms with Gasteiger partial charge in [0.2, 0.25) is 5.91 Å². The highest BCUT2D eigenvalue weighted by molar-refractivity contribution is 5.92. The molecule has 4 atom stereocenters. The molecule has 2 heterocycles. The molecule has 4 aliphatic rings. The molecular weight excluding hydrogens is 577 g/mol. The fourth-order valence-electron chi connectivity index (χ4n) is 8.40. The van der Waals surface area contributed by atoms with E-state index in [0.717, 1.165) is 43.2 Å². The predicted octanol–water partition coefficient (Wildman–Crippen LogP) is 6.11. The Labute approximate surface area is 266 Å². The Kier molecular flexibility index (Phi) is 10.5. The van der Waals surface area contributed by atoms with Crippen LogP contribution in [0.15, 0.2) is 18.2 Å². The molecule has 2 aliphatic carbocycles. The summed E-state index contributed by atoms with van der Waals surface area (Å²) in [6, 6.07) is 5.01. The number of hydrogen-bond acceptors (Lipinski definition) is 6. The van der Waals surface area contributed by atoms with Gasteiger partial charge in [0.25, 0.3) is 0 Å². The topological polar surface area (TPSA) is 110 Å². The summed E-state index contributed by atoms with van der Waals surface area (Å²) in [4.78, 5) is 53.9. The van der Waals surface area contributed by atoms with Gasteiger partial charge < -0.3 is 19.5 Å². The van der Waals surface area contributed by atoms with E-state index in [2.05, 4.69) is 0 Å². The highest BCUT2D eigenvalue weighted by Crippen LogP contribution is 2.42. The fraction of sp³-hybridized carbons (Fsp3) is 0.722. The molecule has 8 nitrogen and oxygen atoms in total. The lowest BCUT2D eigenvalue weighted by molar-refractivity contribution is -0.157. The summed E-state index contributed by atoms with van der Waals surface area (Å²) in [6.45, 7) is 5.41. The van der Waals surface area contributed by atoms with Crippen molar-refractivity contribution < 1.29 is 38.1 Å². The molecule has 0 radical (unpaired) electrons. The number of fused-ring (bicyclic) bond motifs is 1. The monoisotopic (exact) mass is 627 g/mol. The minimum Gasteiger partial charge on any atom is -0.478 e.